The average molecular weight is 370 g/mol. The molecule has 27 heavy (non-hydrogen) atoms. The summed E-state index contributed by atoms with van der Waals surface area (Å²) in [6, 6.07) is 12.4. The van der Waals surface area contributed by atoms with Crippen LogP contribution in [-0.2, 0) is 6.61 Å². The van der Waals surface area contributed by atoms with Gasteiger partial charge in [-0.2, -0.15) is 0 Å². The normalized spacial score (nSPS) is 23.9. The number of urea groups is 1. The maximum Gasteiger partial charge on any atom is 0.315 e. The van der Waals surface area contributed by atoms with Crippen LogP contribution < -0.4 is 20.1 Å². The molecule has 2 N–H and O–H groups in total. The molecule has 1 heterocycles. The summed E-state index contributed by atoms with van der Waals surface area (Å²) in [7, 11) is 1.66. The van der Waals surface area contributed by atoms with Crippen molar-refractivity contribution in [3.05, 3.63) is 59.4 Å². The van der Waals surface area contributed by atoms with Crippen molar-refractivity contribution in [2.24, 2.45) is 0 Å². The smallest absolute Gasteiger partial charge is 0.315 e. The van der Waals surface area contributed by atoms with Crippen molar-refractivity contribution < 1.29 is 18.7 Å². The molecule has 5 nitrogen and oxygen atoms in total. The van der Waals surface area contributed by atoms with E-state index in [4.69, 9.17) is 9.47 Å². The Labute approximate surface area is 157 Å². The van der Waals surface area contributed by atoms with Crippen LogP contribution in [0.25, 0.3) is 0 Å². The highest BCUT2D eigenvalue weighted by molar-refractivity contribution is 5.77. The van der Waals surface area contributed by atoms with E-state index in [1.807, 2.05) is 18.2 Å². The highest BCUT2D eigenvalue weighted by Gasteiger charge is 2.39. The summed E-state index contributed by atoms with van der Waals surface area (Å²) < 4.78 is 24.8. The zero-order valence-electron chi connectivity index (χ0n) is 15.2. The van der Waals surface area contributed by atoms with Gasteiger partial charge in [0.15, 0.2) is 0 Å². The van der Waals surface area contributed by atoms with Crippen molar-refractivity contribution in [2.45, 2.75) is 43.9 Å². The standard InChI is InChI=1S/C21H23FN2O3/c1-26-18-3-2-4-19(27-12-13-5-8-15(22)9-6-13)20(18)14-7-10-16-17(11-14)24-21(25)23-16/h2-6,8-9,14,16-17H,7,10-12H2,1H3,(H2,23,24,25). The summed E-state index contributed by atoms with van der Waals surface area (Å²) >= 11 is 0. The number of ether oxygens (including phenoxy) is 2. The van der Waals surface area contributed by atoms with E-state index in [0.717, 1.165) is 41.9 Å². The zero-order chi connectivity index (χ0) is 18.8. The molecule has 1 saturated heterocycles. The van der Waals surface area contributed by atoms with Crippen LogP contribution in [0, 0.1) is 5.82 Å². The van der Waals surface area contributed by atoms with E-state index in [1.54, 1.807) is 19.2 Å². The molecule has 142 valence electrons. The van der Waals surface area contributed by atoms with E-state index in [-0.39, 0.29) is 29.8 Å². The van der Waals surface area contributed by atoms with Crippen molar-refractivity contribution in [3.8, 4) is 11.5 Å². The third-order valence-electron chi connectivity index (χ3n) is 5.45. The highest BCUT2D eigenvalue weighted by Crippen LogP contribution is 2.43. The van der Waals surface area contributed by atoms with Gasteiger partial charge in [-0.05, 0) is 55.0 Å². The summed E-state index contributed by atoms with van der Waals surface area (Å²) in [5, 5.41) is 5.99. The molecule has 3 atom stereocenters. The molecule has 0 radical (unpaired) electrons. The van der Waals surface area contributed by atoms with Gasteiger partial charge >= 0.3 is 6.03 Å². The summed E-state index contributed by atoms with van der Waals surface area (Å²) in [5.74, 6) is 1.56. The van der Waals surface area contributed by atoms with Gasteiger partial charge in [-0.15, -0.1) is 0 Å². The SMILES string of the molecule is COc1cccc(OCc2ccc(F)cc2)c1C1CCC2NC(=O)NC2C1. The van der Waals surface area contributed by atoms with Crippen LogP contribution in [0.15, 0.2) is 42.5 Å². The number of hydrogen-bond donors (Lipinski definition) is 2. The van der Waals surface area contributed by atoms with E-state index in [1.165, 1.54) is 12.1 Å². The fraction of sp³-hybridized carbons (Fsp3) is 0.381. The summed E-state index contributed by atoms with van der Waals surface area (Å²) in [6.07, 6.45) is 2.72. The topological polar surface area (TPSA) is 59.6 Å². The number of carbonyl (C=O) groups excluding carboxylic acids is 1. The molecule has 2 fully saturated rings. The van der Waals surface area contributed by atoms with Gasteiger partial charge in [-0.3, -0.25) is 0 Å². The zero-order valence-corrected chi connectivity index (χ0v) is 15.2. The summed E-state index contributed by atoms with van der Waals surface area (Å²) in [4.78, 5) is 11.6. The van der Waals surface area contributed by atoms with E-state index in [2.05, 4.69) is 10.6 Å². The van der Waals surface area contributed by atoms with Gasteiger partial charge in [0.05, 0.1) is 19.2 Å². The Morgan fingerprint density at radius 2 is 1.78 bits per heavy atom. The first-order valence-corrected chi connectivity index (χ1v) is 9.25. The second-order valence-corrected chi connectivity index (χ2v) is 7.13. The Morgan fingerprint density at radius 3 is 2.56 bits per heavy atom. The lowest BCUT2D eigenvalue weighted by atomic mass is 9.78. The number of fused-ring (bicyclic) bond motifs is 1. The highest BCUT2D eigenvalue weighted by atomic mass is 19.1. The minimum Gasteiger partial charge on any atom is -0.496 e. The van der Waals surface area contributed by atoms with Gasteiger partial charge in [-0.25, -0.2) is 9.18 Å². The molecule has 2 aliphatic rings. The molecule has 2 amide bonds. The number of nitrogens with one attached hydrogen (secondary N) is 2. The lowest BCUT2D eigenvalue weighted by molar-refractivity contribution is 0.247. The summed E-state index contributed by atoms with van der Waals surface area (Å²) in [5.41, 5.74) is 1.95. The first kappa shape index (κ1) is 17.6. The lowest BCUT2D eigenvalue weighted by Crippen LogP contribution is -2.39. The third-order valence-corrected chi connectivity index (χ3v) is 5.45. The molecule has 1 aliphatic carbocycles. The lowest BCUT2D eigenvalue weighted by Gasteiger charge is -2.32. The van der Waals surface area contributed by atoms with Gasteiger partial charge in [0.1, 0.15) is 23.9 Å². The largest absolute Gasteiger partial charge is 0.496 e. The van der Waals surface area contributed by atoms with Crippen molar-refractivity contribution in [1.82, 2.24) is 10.6 Å². The molecule has 1 saturated carbocycles. The Morgan fingerprint density at radius 1 is 1.04 bits per heavy atom. The predicted molar refractivity (Wildman–Crippen MR) is 99.6 cm³/mol. The molecule has 6 heteroatoms. The maximum atomic E-state index is 13.1. The first-order valence-electron chi connectivity index (χ1n) is 9.25. The van der Waals surface area contributed by atoms with Crippen LogP contribution in [0.2, 0.25) is 0 Å². The molecule has 3 unspecified atom stereocenters. The molecule has 2 aromatic rings. The quantitative estimate of drug-likeness (QED) is 0.843. The Kier molecular flexibility index (Phi) is 4.88. The van der Waals surface area contributed by atoms with Gasteiger partial charge in [0.2, 0.25) is 0 Å². The second kappa shape index (κ2) is 7.47. The van der Waals surface area contributed by atoms with Gasteiger partial charge in [-0.1, -0.05) is 18.2 Å². The number of hydrogen-bond acceptors (Lipinski definition) is 3. The Bertz CT molecular complexity index is 825. The summed E-state index contributed by atoms with van der Waals surface area (Å²) in [6.45, 7) is 0.359. The van der Waals surface area contributed by atoms with Crippen LogP contribution in [0.4, 0.5) is 9.18 Å². The van der Waals surface area contributed by atoms with Crippen molar-refractivity contribution in [3.63, 3.8) is 0 Å². The number of rotatable bonds is 5. The molecule has 4 rings (SSSR count). The maximum absolute atomic E-state index is 13.1. The first-order chi connectivity index (χ1) is 13.1. The van der Waals surface area contributed by atoms with Crippen LogP contribution >= 0.6 is 0 Å². The van der Waals surface area contributed by atoms with Crippen molar-refractivity contribution in [2.75, 3.05) is 7.11 Å². The van der Waals surface area contributed by atoms with Gasteiger partial charge in [0.25, 0.3) is 0 Å². The van der Waals surface area contributed by atoms with Gasteiger partial charge in [0, 0.05) is 5.56 Å². The van der Waals surface area contributed by atoms with Crippen LogP contribution in [0.3, 0.4) is 0 Å². The van der Waals surface area contributed by atoms with Crippen LogP contribution in [0.5, 0.6) is 11.5 Å². The monoisotopic (exact) mass is 370 g/mol. The molecule has 0 aromatic heterocycles. The number of halogens is 1. The number of carbonyl (C=O) groups is 1. The second-order valence-electron chi connectivity index (χ2n) is 7.13. The third kappa shape index (κ3) is 3.70. The fourth-order valence-electron chi connectivity index (χ4n) is 4.12. The molecular formula is C21H23FN2O3. The molecule has 1 aliphatic heterocycles. The predicted octanol–water partition coefficient (Wildman–Crippen LogP) is 3.73. The Balaban J connectivity index is 1.55. The number of methoxy groups -OCH3 is 1. The minimum absolute atomic E-state index is 0.0848. The molecule has 2 aromatic carbocycles. The average Bonchev–Trinajstić information content (AvgIpc) is 3.06. The van der Waals surface area contributed by atoms with E-state index in [0.29, 0.717) is 6.61 Å². The minimum atomic E-state index is -0.259. The van der Waals surface area contributed by atoms with Crippen LogP contribution in [0.1, 0.15) is 36.3 Å². The fourth-order valence-corrected chi connectivity index (χ4v) is 4.12. The number of amides is 2. The van der Waals surface area contributed by atoms with E-state index < -0.39 is 0 Å². The van der Waals surface area contributed by atoms with E-state index >= 15 is 0 Å². The van der Waals surface area contributed by atoms with Gasteiger partial charge < -0.3 is 20.1 Å². The van der Waals surface area contributed by atoms with Crippen molar-refractivity contribution in [1.29, 1.82) is 0 Å². The molecule has 0 bridgehead atoms. The molecular weight excluding hydrogens is 347 g/mol. The van der Waals surface area contributed by atoms with Crippen LogP contribution in [-0.4, -0.2) is 25.2 Å². The molecule has 0 spiro atoms. The van der Waals surface area contributed by atoms with Crippen molar-refractivity contribution >= 4 is 6.03 Å². The number of benzene rings is 2. The van der Waals surface area contributed by atoms with E-state index in [9.17, 15) is 9.18 Å². The Hall–Kier alpha value is -2.76.